The van der Waals surface area contributed by atoms with Gasteiger partial charge in [0.05, 0.1) is 0 Å². The summed E-state index contributed by atoms with van der Waals surface area (Å²) in [6.07, 6.45) is 10.1. The summed E-state index contributed by atoms with van der Waals surface area (Å²) in [4.78, 5) is 0. The number of benzene rings is 3. The molecule has 2 aliphatic rings. The molecule has 0 spiro atoms. The fraction of sp³-hybridized carbons (Fsp3) is 0.241. The first-order chi connectivity index (χ1) is 15.0. The third kappa shape index (κ3) is 4.57. The first-order valence-electron chi connectivity index (χ1n) is 11.5. The van der Waals surface area contributed by atoms with E-state index >= 15 is 0 Å². The van der Waals surface area contributed by atoms with Crippen LogP contribution in [0.15, 0.2) is 66.7 Å². The molecule has 0 amide bonds. The fourth-order valence-corrected chi connectivity index (χ4v) is 29.6. The minimum Gasteiger partial charge on any atom is -1.00 e. The molecule has 0 heterocycles. The van der Waals surface area contributed by atoms with Crippen LogP contribution in [0.5, 0.6) is 0 Å². The van der Waals surface area contributed by atoms with Crippen LogP contribution in [0.25, 0.3) is 12.2 Å². The van der Waals surface area contributed by atoms with Crippen molar-refractivity contribution in [2.45, 2.75) is 41.5 Å². The van der Waals surface area contributed by atoms with Crippen LogP contribution in [0.1, 0.15) is 51.8 Å². The molecule has 0 saturated heterocycles. The average molecular weight is 570 g/mol. The zero-order valence-electron chi connectivity index (χ0n) is 20.0. The summed E-state index contributed by atoms with van der Waals surface area (Å²) in [5.74, 6) is -1.08. The Hall–Kier alpha value is -1.18. The van der Waals surface area contributed by atoms with Gasteiger partial charge in [0.15, 0.2) is 0 Å². The summed E-state index contributed by atoms with van der Waals surface area (Å²) >= 11 is -2.05. The molecule has 0 aliphatic heterocycles. The van der Waals surface area contributed by atoms with Crippen molar-refractivity contribution in [3.05, 3.63) is 111 Å². The minimum absolute atomic E-state index is 0. The van der Waals surface area contributed by atoms with Gasteiger partial charge in [-0.15, -0.1) is 0 Å². The van der Waals surface area contributed by atoms with Gasteiger partial charge in [-0.2, -0.15) is 0 Å². The molecule has 3 aromatic rings. The number of fused-ring (bicyclic) bond motifs is 2. The number of hydrogen-bond acceptors (Lipinski definition) is 0. The van der Waals surface area contributed by atoms with Gasteiger partial charge in [0.1, 0.15) is 0 Å². The molecule has 0 saturated carbocycles. The van der Waals surface area contributed by atoms with Crippen molar-refractivity contribution >= 4 is 23.3 Å². The van der Waals surface area contributed by atoms with Crippen molar-refractivity contribution in [1.82, 2.24) is 0 Å². The molecule has 0 radical (unpaired) electrons. The predicted octanol–water partition coefficient (Wildman–Crippen LogP) is 0.643. The molecular weight excluding hydrogens is 539 g/mol. The maximum atomic E-state index is 2.66. The molecule has 0 aromatic heterocycles. The molecule has 3 unspecified atom stereocenters. The summed E-state index contributed by atoms with van der Waals surface area (Å²) < 4.78 is 1.36. The van der Waals surface area contributed by atoms with Crippen LogP contribution in [-0.2, 0) is 20.9 Å². The second-order valence-electron chi connectivity index (χ2n) is 9.36. The van der Waals surface area contributed by atoms with Gasteiger partial charge in [-0.1, -0.05) is 0 Å². The van der Waals surface area contributed by atoms with Crippen molar-refractivity contribution in [3.8, 4) is 0 Å². The van der Waals surface area contributed by atoms with Crippen LogP contribution >= 0.6 is 0 Å². The standard InChI is InChI=1S/2C11H11.C7H9Si.2ClH.Zr/c2*1-8-6-7-9(2)11-5-3-4-10(8)11;1-8-7-5-3-2-4-6-7;;;/h2*3-7H,1-2H3;2-6,8H,1H3;2*1H;/q;;;;;+2/p-2. The predicted molar refractivity (Wildman–Crippen MR) is 134 cm³/mol. The molecular formula is C29H31Cl2SiZr. The Morgan fingerprint density at radius 2 is 1.03 bits per heavy atom. The molecule has 0 bridgehead atoms. The third-order valence-corrected chi connectivity index (χ3v) is 29.9. The minimum atomic E-state index is -2.05. The van der Waals surface area contributed by atoms with Crippen LogP contribution in [0.3, 0.4) is 0 Å². The van der Waals surface area contributed by atoms with Gasteiger partial charge in [0, 0.05) is 0 Å². The molecule has 169 valence electrons. The van der Waals surface area contributed by atoms with Gasteiger partial charge in [0.25, 0.3) is 0 Å². The second kappa shape index (κ2) is 10.6. The van der Waals surface area contributed by atoms with Crippen molar-refractivity contribution in [2.24, 2.45) is 0 Å². The van der Waals surface area contributed by atoms with Gasteiger partial charge >= 0.3 is 197 Å². The van der Waals surface area contributed by atoms with E-state index in [9.17, 15) is 0 Å². The molecule has 0 nitrogen and oxygen atoms in total. The maximum Gasteiger partial charge on any atom is -1.00 e. The number of hydrogen-bond donors (Lipinski definition) is 0. The Labute approximate surface area is 220 Å². The largest absolute Gasteiger partial charge is 1.00 e. The van der Waals surface area contributed by atoms with E-state index in [4.69, 9.17) is 0 Å². The Kier molecular flexibility index (Phi) is 8.50. The van der Waals surface area contributed by atoms with Gasteiger partial charge in [-0.05, 0) is 0 Å². The summed E-state index contributed by atoms with van der Waals surface area (Å²) in [5, 5.41) is 1.66. The summed E-state index contributed by atoms with van der Waals surface area (Å²) in [6.45, 7) is 11.9. The van der Waals surface area contributed by atoms with E-state index in [1.807, 2.05) is 0 Å². The zero-order valence-corrected chi connectivity index (χ0v) is 25.1. The Morgan fingerprint density at radius 3 is 1.48 bits per heavy atom. The Balaban J connectivity index is 0.00000153. The van der Waals surface area contributed by atoms with Crippen molar-refractivity contribution in [3.63, 3.8) is 0 Å². The van der Waals surface area contributed by atoms with E-state index in [1.165, 1.54) is 33.4 Å². The van der Waals surface area contributed by atoms with Crippen LogP contribution < -0.4 is 30.0 Å². The zero-order chi connectivity index (χ0) is 21.7. The first kappa shape index (κ1) is 26.4. The molecule has 0 N–H and O–H groups in total. The fourth-order valence-electron chi connectivity index (χ4n) is 5.78. The van der Waals surface area contributed by atoms with Gasteiger partial charge < -0.3 is 24.8 Å². The smallest absolute Gasteiger partial charge is 1.00 e. The maximum absolute atomic E-state index is 2.66. The number of halogens is 2. The SMILES string of the molecule is Cc1ccc(C)c2c1C=C[CH]2[Zr+2]([CH]1C=Cc2c(C)ccc(C)c21)[SiH](C)c1ccccc1.[Cl-].[Cl-]. The third-order valence-electron chi connectivity index (χ3n) is 7.50. The number of rotatable bonds is 4. The van der Waals surface area contributed by atoms with Crippen LogP contribution in [0.4, 0.5) is 0 Å². The van der Waals surface area contributed by atoms with Crippen LogP contribution in [0, 0.1) is 27.7 Å². The van der Waals surface area contributed by atoms with E-state index in [2.05, 4.69) is 113 Å². The Bertz CT molecular complexity index is 1140. The molecule has 0 fully saturated rings. The van der Waals surface area contributed by atoms with Gasteiger partial charge in [-0.25, -0.2) is 0 Å². The number of aryl methyl sites for hydroxylation is 4. The monoisotopic (exact) mass is 567 g/mol. The van der Waals surface area contributed by atoms with Gasteiger partial charge in [0.2, 0.25) is 0 Å². The summed E-state index contributed by atoms with van der Waals surface area (Å²) in [5.41, 5.74) is 12.2. The quantitative estimate of drug-likeness (QED) is 0.405. The van der Waals surface area contributed by atoms with Crippen molar-refractivity contribution in [1.29, 1.82) is 0 Å². The number of allylic oxidation sites excluding steroid dienone is 2. The van der Waals surface area contributed by atoms with E-state index in [-0.39, 0.29) is 24.8 Å². The molecule has 4 heteroatoms. The molecule has 3 atom stereocenters. The second-order valence-corrected chi connectivity index (χ2v) is 27.3. The van der Waals surface area contributed by atoms with Crippen molar-refractivity contribution in [2.75, 3.05) is 0 Å². The van der Waals surface area contributed by atoms with Crippen LogP contribution in [0.2, 0.25) is 6.55 Å². The van der Waals surface area contributed by atoms with Gasteiger partial charge in [-0.3, -0.25) is 0 Å². The molecule has 33 heavy (non-hydrogen) atoms. The normalized spacial score (nSPS) is 18.2. The summed E-state index contributed by atoms with van der Waals surface area (Å²) in [6, 6.07) is 20.8. The van der Waals surface area contributed by atoms with E-state index in [0.717, 1.165) is 0 Å². The van der Waals surface area contributed by atoms with E-state index < -0.39 is 26.8 Å². The van der Waals surface area contributed by atoms with E-state index in [1.54, 1.807) is 16.3 Å². The Morgan fingerprint density at radius 1 is 0.606 bits per heavy atom. The van der Waals surface area contributed by atoms with E-state index in [0.29, 0.717) is 7.25 Å². The van der Waals surface area contributed by atoms with Crippen molar-refractivity contribution < 1.29 is 45.7 Å². The topological polar surface area (TPSA) is 0 Å². The molecule has 2 aliphatic carbocycles. The molecule has 3 aromatic carbocycles. The average Bonchev–Trinajstić information content (AvgIpc) is 3.41. The molecule has 5 rings (SSSR count). The first-order valence-corrected chi connectivity index (χ1v) is 20.9. The van der Waals surface area contributed by atoms with Crippen LogP contribution in [-0.4, -0.2) is 5.92 Å². The summed E-state index contributed by atoms with van der Waals surface area (Å²) in [7, 11) is 0.